The highest BCUT2D eigenvalue weighted by Crippen LogP contribution is 2.48. The number of anilines is 1. The van der Waals surface area contributed by atoms with E-state index in [1.807, 2.05) is 12.2 Å². The molecule has 1 heterocycles. The van der Waals surface area contributed by atoms with Crippen LogP contribution in [0.4, 0.5) is 5.69 Å². The summed E-state index contributed by atoms with van der Waals surface area (Å²) in [7, 11) is 0. The van der Waals surface area contributed by atoms with Crippen LogP contribution in [0, 0.1) is 23.7 Å². The van der Waals surface area contributed by atoms with Crippen LogP contribution in [0.25, 0.3) is 0 Å². The van der Waals surface area contributed by atoms with Crippen molar-refractivity contribution >= 4 is 29.4 Å². The van der Waals surface area contributed by atoms with Gasteiger partial charge in [0.15, 0.2) is 5.76 Å². The highest BCUT2D eigenvalue weighted by Gasteiger charge is 2.51. The van der Waals surface area contributed by atoms with E-state index < -0.39 is 35.5 Å². The Morgan fingerprint density at radius 2 is 1.60 bits per heavy atom. The number of benzene rings is 1. The number of amides is 3. The molecule has 2 aromatic rings. The maximum Gasteiger partial charge on any atom is 0.307 e. The molecular formula is C21H19N3O6. The van der Waals surface area contributed by atoms with Gasteiger partial charge in [-0.2, -0.15) is 0 Å². The Morgan fingerprint density at radius 3 is 2.23 bits per heavy atom. The molecular weight excluding hydrogens is 390 g/mol. The number of furan rings is 1. The van der Waals surface area contributed by atoms with Crippen molar-refractivity contribution in [1.29, 1.82) is 0 Å². The van der Waals surface area contributed by atoms with Crippen LogP contribution in [0.3, 0.4) is 0 Å². The van der Waals surface area contributed by atoms with Crippen molar-refractivity contribution in [2.24, 2.45) is 23.7 Å². The van der Waals surface area contributed by atoms with Crippen molar-refractivity contribution in [3.05, 3.63) is 66.1 Å². The Hall–Kier alpha value is -3.88. The Morgan fingerprint density at radius 1 is 0.900 bits per heavy atom. The molecule has 4 atom stereocenters. The van der Waals surface area contributed by atoms with E-state index in [2.05, 4.69) is 16.2 Å². The quantitative estimate of drug-likeness (QED) is 0.439. The van der Waals surface area contributed by atoms with Gasteiger partial charge in [-0.05, 0) is 54.7 Å². The predicted octanol–water partition coefficient (Wildman–Crippen LogP) is 1.82. The average Bonchev–Trinajstić information content (AvgIpc) is 3.49. The molecule has 0 unspecified atom stereocenters. The summed E-state index contributed by atoms with van der Waals surface area (Å²) in [4.78, 5) is 48.3. The van der Waals surface area contributed by atoms with E-state index in [4.69, 9.17) is 4.42 Å². The molecule has 2 aliphatic rings. The minimum absolute atomic E-state index is 0.134. The van der Waals surface area contributed by atoms with E-state index in [0.717, 1.165) is 0 Å². The van der Waals surface area contributed by atoms with E-state index in [1.165, 1.54) is 24.5 Å². The number of carbonyl (C=O) groups excluding carboxylic acids is 3. The van der Waals surface area contributed by atoms with E-state index in [9.17, 15) is 24.3 Å². The molecule has 1 saturated carbocycles. The van der Waals surface area contributed by atoms with E-state index in [1.54, 1.807) is 18.2 Å². The van der Waals surface area contributed by atoms with Gasteiger partial charge in [-0.25, -0.2) is 0 Å². The lowest BCUT2D eigenvalue weighted by molar-refractivity contribution is -0.148. The van der Waals surface area contributed by atoms with Crippen molar-refractivity contribution in [2.45, 2.75) is 6.42 Å². The molecule has 4 N–H and O–H groups in total. The zero-order valence-corrected chi connectivity index (χ0v) is 15.7. The second kappa shape index (κ2) is 7.86. The number of carboxylic acid groups (broad SMARTS) is 1. The third kappa shape index (κ3) is 3.69. The van der Waals surface area contributed by atoms with Crippen LogP contribution in [-0.2, 0) is 9.59 Å². The minimum Gasteiger partial charge on any atom is -0.481 e. The first-order valence-corrected chi connectivity index (χ1v) is 9.40. The van der Waals surface area contributed by atoms with Crippen molar-refractivity contribution < 1.29 is 28.7 Å². The number of carbonyl (C=O) groups is 4. The maximum absolute atomic E-state index is 12.5. The molecule has 30 heavy (non-hydrogen) atoms. The number of hydrogen-bond acceptors (Lipinski definition) is 5. The summed E-state index contributed by atoms with van der Waals surface area (Å²) in [6.07, 6.45) is 5.74. The summed E-state index contributed by atoms with van der Waals surface area (Å²) in [6, 6.07) is 9.18. The lowest BCUT2D eigenvalue weighted by atomic mass is 9.82. The van der Waals surface area contributed by atoms with Gasteiger partial charge in [0, 0.05) is 11.3 Å². The summed E-state index contributed by atoms with van der Waals surface area (Å²) in [6.45, 7) is 0. The fourth-order valence-corrected chi connectivity index (χ4v) is 4.10. The molecule has 0 radical (unpaired) electrons. The smallest absolute Gasteiger partial charge is 0.307 e. The molecule has 0 saturated heterocycles. The van der Waals surface area contributed by atoms with Crippen LogP contribution >= 0.6 is 0 Å². The Kier molecular flexibility index (Phi) is 5.09. The Bertz CT molecular complexity index is 1010. The highest BCUT2D eigenvalue weighted by atomic mass is 16.4. The molecule has 9 heteroatoms. The number of aliphatic carboxylic acids is 1. The normalized spacial score (nSPS) is 23.7. The second-order valence-corrected chi connectivity index (χ2v) is 7.29. The van der Waals surface area contributed by atoms with Crippen LogP contribution in [0.2, 0.25) is 0 Å². The zero-order chi connectivity index (χ0) is 21.3. The highest BCUT2D eigenvalue weighted by molar-refractivity contribution is 6.02. The van der Waals surface area contributed by atoms with Crippen molar-refractivity contribution in [3.8, 4) is 0 Å². The van der Waals surface area contributed by atoms with Crippen LogP contribution in [0.15, 0.2) is 59.2 Å². The van der Waals surface area contributed by atoms with Crippen LogP contribution in [0.1, 0.15) is 27.3 Å². The van der Waals surface area contributed by atoms with Crippen molar-refractivity contribution in [2.75, 3.05) is 5.32 Å². The molecule has 4 rings (SSSR count). The molecule has 9 nitrogen and oxygen atoms in total. The molecule has 2 aliphatic carbocycles. The van der Waals surface area contributed by atoms with Gasteiger partial charge in [0.25, 0.3) is 11.8 Å². The monoisotopic (exact) mass is 409 g/mol. The molecule has 3 amide bonds. The number of allylic oxidation sites excluding steroid dienone is 2. The van der Waals surface area contributed by atoms with Gasteiger partial charge in [-0.1, -0.05) is 12.2 Å². The third-order valence-corrected chi connectivity index (χ3v) is 5.50. The summed E-state index contributed by atoms with van der Waals surface area (Å²) < 4.78 is 5.01. The van der Waals surface area contributed by atoms with Gasteiger partial charge in [-0.3, -0.25) is 30.0 Å². The molecule has 154 valence electrons. The molecule has 0 spiro atoms. The largest absolute Gasteiger partial charge is 0.481 e. The number of rotatable bonds is 5. The van der Waals surface area contributed by atoms with Crippen LogP contribution in [0.5, 0.6) is 0 Å². The van der Waals surface area contributed by atoms with Crippen LogP contribution in [-0.4, -0.2) is 28.8 Å². The lowest BCUT2D eigenvalue weighted by Crippen LogP contribution is -2.48. The zero-order valence-electron chi connectivity index (χ0n) is 15.7. The first-order valence-electron chi connectivity index (χ1n) is 9.40. The third-order valence-electron chi connectivity index (χ3n) is 5.50. The number of hydrogen-bond donors (Lipinski definition) is 4. The predicted molar refractivity (Wildman–Crippen MR) is 104 cm³/mol. The van der Waals surface area contributed by atoms with E-state index in [-0.39, 0.29) is 23.2 Å². The fraction of sp³-hybridized carbons (Fsp3) is 0.238. The van der Waals surface area contributed by atoms with Crippen molar-refractivity contribution in [3.63, 3.8) is 0 Å². The first kappa shape index (κ1) is 19.4. The van der Waals surface area contributed by atoms with Crippen LogP contribution < -0.4 is 16.2 Å². The average molecular weight is 409 g/mol. The van der Waals surface area contributed by atoms with E-state index >= 15 is 0 Å². The minimum atomic E-state index is -1.01. The van der Waals surface area contributed by atoms with Gasteiger partial charge in [-0.15, -0.1) is 0 Å². The molecule has 1 fully saturated rings. The number of hydrazine groups is 1. The second-order valence-electron chi connectivity index (χ2n) is 7.29. The summed E-state index contributed by atoms with van der Waals surface area (Å²) in [5.41, 5.74) is 5.39. The SMILES string of the molecule is O=C(NNC(=O)[C@@H]1[C@@H](C(=O)O)[C@H]2C=C[C@H]1C2)c1ccc(NC(=O)c2ccco2)cc1. The molecule has 1 aromatic carbocycles. The molecule has 0 aliphatic heterocycles. The Balaban J connectivity index is 1.33. The first-order chi connectivity index (χ1) is 14.4. The lowest BCUT2D eigenvalue weighted by Gasteiger charge is -2.23. The molecule has 2 bridgehead atoms. The topological polar surface area (TPSA) is 138 Å². The number of nitrogens with one attached hydrogen (secondary N) is 3. The van der Waals surface area contributed by atoms with Gasteiger partial charge in [0.1, 0.15) is 0 Å². The molecule has 1 aromatic heterocycles. The van der Waals surface area contributed by atoms with Gasteiger partial charge in [0.2, 0.25) is 5.91 Å². The van der Waals surface area contributed by atoms with Gasteiger partial charge in [0.05, 0.1) is 18.1 Å². The number of fused-ring (bicyclic) bond motifs is 2. The van der Waals surface area contributed by atoms with Gasteiger partial charge < -0.3 is 14.8 Å². The Labute approximate surface area is 171 Å². The summed E-state index contributed by atoms with van der Waals surface area (Å²) in [5.74, 6) is -4.12. The summed E-state index contributed by atoms with van der Waals surface area (Å²) in [5, 5.41) is 12.1. The standard InChI is InChI=1S/C21H19N3O6/c25-18(11-5-7-14(8-6-11)22-19(26)15-2-1-9-30-15)23-24-20(27)16-12-3-4-13(10-12)17(16)21(28)29/h1-9,12-13,16-17H,10H2,(H,22,26)(H,23,25)(H,24,27)(H,28,29)/t12-,13-,16-,17-/m0/s1. The maximum atomic E-state index is 12.5. The van der Waals surface area contributed by atoms with Crippen molar-refractivity contribution in [1.82, 2.24) is 10.9 Å². The number of carboxylic acids is 1. The van der Waals surface area contributed by atoms with E-state index in [0.29, 0.717) is 12.1 Å². The summed E-state index contributed by atoms with van der Waals surface area (Å²) >= 11 is 0. The fourth-order valence-electron chi connectivity index (χ4n) is 4.10. The van der Waals surface area contributed by atoms with Gasteiger partial charge >= 0.3 is 5.97 Å².